The van der Waals surface area contributed by atoms with E-state index >= 15 is 0 Å². The van der Waals surface area contributed by atoms with E-state index in [2.05, 4.69) is 31.4 Å². The van der Waals surface area contributed by atoms with Gasteiger partial charge in [-0.2, -0.15) is 5.10 Å². The number of halogens is 1. The Bertz CT molecular complexity index is 674. The first-order valence-corrected chi connectivity index (χ1v) is 6.31. The normalized spacial score (nSPS) is 10.7. The van der Waals surface area contributed by atoms with Gasteiger partial charge in [0.2, 0.25) is 0 Å². The number of amides is 1. The van der Waals surface area contributed by atoms with Crippen molar-refractivity contribution in [3.05, 3.63) is 52.3 Å². The van der Waals surface area contributed by atoms with Crippen LogP contribution < -0.4 is 5.43 Å². The average molecular weight is 336 g/mol. The summed E-state index contributed by atoms with van der Waals surface area (Å²) in [5, 5.41) is 22.2. The molecule has 0 aliphatic carbocycles. The number of carbonyl (C=O) groups is 1. The lowest BCUT2D eigenvalue weighted by atomic mass is 10.2. The van der Waals surface area contributed by atoms with Gasteiger partial charge in [-0.05, 0) is 45.8 Å². The van der Waals surface area contributed by atoms with E-state index in [0.29, 0.717) is 15.6 Å². The van der Waals surface area contributed by atoms with Crippen molar-refractivity contribution in [2.75, 3.05) is 0 Å². The number of hydrogen-bond donors (Lipinski definition) is 3. The predicted octanol–water partition coefficient (Wildman–Crippen LogP) is 2.02. The third-order valence-electron chi connectivity index (χ3n) is 2.35. The van der Waals surface area contributed by atoms with Gasteiger partial charge in [-0.3, -0.25) is 9.78 Å². The van der Waals surface area contributed by atoms with Crippen LogP contribution in [0, 0.1) is 0 Å². The molecule has 1 aromatic heterocycles. The van der Waals surface area contributed by atoms with Crippen molar-refractivity contribution in [1.29, 1.82) is 0 Å². The molecule has 1 heterocycles. The van der Waals surface area contributed by atoms with Crippen LogP contribution in [0.5, 0.6) is 11.5 Å². The number of hydrazone groups is 1. The SMILES string of the molecule is O=C(N/N=C\c1ccc(O)c(O)c1)c1cncc(Br)c1. The van der Waals surface area contributed by atoms with Crippen LogP contribution >= 0.6 is 15.9 Å². The van der Waals surface area contributed by atoms with Gasteiger partial charge >= 0.3 is 0 Å². The lowest BCUT2D eigenvalue weighted by Gasteiger charge is -2.00. The summed E-state index contributed by atoms with van der Waals surface area (Å²) in [5.74, 6) is -0.874. The fourth-order valence-electron chi connectivity index (χ4n) is 1.39. The maximum absolute atomic E-state index is 11.7. The molecule has 1 amide bonds. The molecule has 0 aliphatic heterocycles. The zero-order valence-corrected chi connectivity index (χ0v) is 11.7. The number of hydrogen-bond acceptors (Lipinski definition) is 5. The van der Waals surface area contributed by atoms with Gasteiger partial charge in [-0.1, -0.05) is 0 Å². The minimum Gasteiger partial charge on any atom is -0.504 e. The van der Waals surface area contributed by atoms with Crippen molar-refractivity contribution in [3.8, 4) is 11.5 Å². The molecule has 102 valence electrons. The van der Waals surface area contributed by atoms with Gasteiger partial charge in [0.05, 0.1) is 11.8 Å². The maximum Gasteiger partial charge on any atom is 0.272 e. The lowest BCUT2D eigenvalue weighted by Crippen LogP contribution is -2.17. The average Bonchev–Trinajstić information content (AvgIpc) is 2.42. The van der Waals surface area contributed by atoms with Crippen LogP contribution in [-0.2, 0) is 0 Å². The smallest absolute Gasteiger partial charge is 0.272 e. The van der Waals surface area contributed by atoms with Crippen molar-refractivity contribution in [2.45, 2.75) is 0 Å². The van der Waals surface area contributed by atoms with Gasteiger partial charge in [0.1, 0.15) is 0 Å². The monoisotopic (exact) mass is 335 g/mol. The van der Waals surface area contributed by atoms with Gasteiger partial charge in [0, 0.05) is 16.9 Å². The molecule has 3 N–H and O–H groups in total. The Morgan fingerprint density at radius 2 is 2.05 bits per heavy atom. The summed E-state index contributed by atoms with van der Waals surface area (Å²) >= 11 is 3.22. The van der Waals surface area contributed by atoms with E-state index in [1.165, 1.54) is 24.5 Å². The summed E-state index contributed by atoms with van der Waals surface area (Å²) in [6, 6.07) is 5.82. The summed E-state index contributed by atoms with van der Waals surface area (Å²) in [4.78, 5) is 15.6. The van der Waals surface area contributed by atoms with Crippen LogP contribution in [0.15, 0.2) is 46.2 Å². The molecule has 0 saturated heterocycles. The first-order chi connectivity index (χ1) is 9.56. The van der Waals surface area contributed by atoms with Crippen LogP contribution in [0.1, 0.15) is 15.9 Å². The molecule has 0 fully saturated rings. The second kappa shape index (κ2) is 6.16. The highest BCUT2D eigenvalue weighted by Gasteiger charge is 2.04. The third-order valence-corrected chi connectivity index (χ3v) is 2.78. The van der Waals surface area contributed by atoms with Crippen LogP contribution in [0.3, 0.4) is 0 Å². The minimum atomic E-state index is -0.405. The molecule has 1 aromatic carbocycles. The molecular weight excluding hydrogens is 326 g/mol. The highest BCUT2D eigenvalue weighted by Crippen LogP contribution is 2.23. The first-order valence-electron chi connectivity index (χ1n) is 5.52. The van der Waals surface area contributed by atoms with E-state index in [0.717, 1.165) is 0 Å². The van der Waals surface area contributed by atoms with E-state index in [9.17, 15) is 9.90 Å². The van der Waals surface area contributed by atoms with Gasteiger partial charge in [-0.15, -0.1) is 0 Å². The van der Waals surface area contributed by atoms with Crippen LogP contribution in [-0.4, -0.2) is 27.3 Å². The Hall–Kier alpha value is -2.41. The van der Waals surface area contributed by atoms with Crippen LogP contribution in [0.2, 0.25) is 0 Å². The zero-order chi connectivity index (χ0) is 14.5. The second-order valence-electron chi connectivity index (χ2n) is 3.84. The molecule has 0 radical (unpaired) electrons. The Kier molecular flexibility index (Phi) is 4.31. The standard InChI is InChI=1S/C13H10BrN3O3/c14-10-4-9(6-15-7-10)13(20)17-16-5-8-1-2-11(18)12(19)3-8/h1-7,18-19H,(H,17,20)/b16-5-. The topological polar surface area (TPSA) is 94.8 Å². The highest BCUT2D eigenvalue weighted by atomic mass is 79.9. The van der Waals surface area contributed by atoms with Crippen molar-refractivity contribution in [2.24, 2.45) is 5.10 Å². The number of phenolic OH excluding ortho intramolecular Hbond substituents is 2. The summed E-state index contributed by atoms with van der Waals surface area (Å²) in [5.41, 5.74) is 3.24. The lowest BCUT2D eigenvalue weighted by molar-refractivity contribution is 0.0954. The van der Waals surface area contributed by atoms with Gasteiger partial charge in [0.25, 0.3) is 5.91 Å². The number of rotatable bonds is 3. The Labute approximate surface area is 122 Å². The minimum absolute atomic E-state index is 0.216. The zero-order valence-electron chi connectivity index (χ0n) is 10.1. The number of aromatic hydroxyl groups is 2. The summed E-state index contributed by atoms with van der Waals surface area (Å²) in [6.45, 7) is 0. The van der Waals surface area contributed by atoms with Crippen LogP contribution in [0.4, 0.5) is 0 Å². The fourth-order valence-corrected chi connectivity index (χ4v) is 1.75. The largest absolute Gasteiger partial charge is 0.504 e. The molecule has 0 bridgehead atoms. The van der Waals surface area contributed by atoms with E-state index in [1.807, 2.05) is 0 Å². The second-order valence-corrected chi connectivity index (χ2v) is 4.75. The number of nitrogens with one attached hydrogen (secondary N) is 1. The molecule has 0 unspecified atom stereocenters. The molecule has 0 atom stereocenters. The molecule has 2 rings (SSSR count). The summed E-state index contributed by atoms with van der Waals surface area (Å²) < 4.78 is 0.692. The Balaban J connectivity index is 2.02. The Morgan fingerprint density at radius 3 is 2.75 bits per heavy atom. The molecule has 0 spiro atoms. The number of aromatic nitrogens is 1. The summed E-state index contributed by atoms with van der Waals surface area (Å²) in [7, 11) is 0. The van der Waals surface area contributed by atoms with E-state index in [4.69, 9.17) is 5.11 Å². The molecule has 2 aromatic rings. The van der Waals surface area contributed by atoms with Crippen molar-refractivity contribution in [1.82, 2.24) is 10.4 Å². The predicted molar refractivity (Wildman–Crippen MR) is 76.8 cm³/mol. The number of phenols is 2. The van der Waals surface area contributed by atoms with Crippen molar-refractivity contribution >= 4 is 28.1 Å². The third kappa shape index (κ3) is 3.55. The van der Waals surface area contributed by atoms with Gasteiger partial charge in [0.15, 0.2) is 11.5 Å². The van der Waals surface area contributed by atoms with Crippen molar-refractivity contribution < 1.29 is 15.0 Å². The van der Waals surface area contributed by atoms with Crippen LogP contribution in [0.25, 0.3) is 0 Å². The fraction of sp³-hybridized carbons (Fsp3) is 0. The summed E-state index contributed by atoms with van der Waals surface area (Å²) in [6.07, 6.45) is 4.34. The molecular formula is C13H10BrN3O3. The Morgan fingerprint density at radius 1 is 1.25 bits per heavy atom. The van der Waals surface area contributed by atoms with Crippen molar-refractivity contribution in [3.63, 3.8) is 0 Å². The molecule has 0 saturated carbocycles. The first kappa shape index (κ1) is 14.0. The van der Waals surface area contributed by atoms with E-state index < -0.39 is 5.91 Å². The maximum atomic E-state index is 11.7. The molecule has 6 nitrogen and oxygen atoms in total. The quantitative estimate of drug-likeness (QED) is 0.454. The number of nitrogens with zero attached hydrogens (tertiary/aromatic N) is 2. The number of carbonyl (C=O) groups excluding carboxylic acids is 1. The highest BCUT2D eigenvalue weighted by molar-refractivity contribution is 9.10. The van der Waals surface area contributed by atoms with E-state index in [-0.39, 0.29) is 11.5 Å². The number of pyridine rings is 1. The van der Waals surface area contributed by atoms with Gasteiger partial charge < -0.3 is 10.2 Å². The molecule has 20 heavy (non-hydrogen) atoms. The molecule has 0 aliphatic rings. The number of benzene rings is 1. The van der Waals surface area contributed by atoms with E-state index in [1.54, 1.807) is 18.3 Å². The molecule has 7 heteroatoms. The van der Waals surface area contributed by atoms with Gasteiger partial charge in [-0.25, -0.2) is 5.43 Å².